The van der Waals surface area contributed by atoms with Crippen LogP contribution in [0.3, 0.4) is 0 Å². The van der Waals surface area contributed by atoms with Crippen molar-refractivity contribution in [3.63, 3.8) is 0 Å². The summed E-state index contributed by atoms with van der Waals surface area (Å²) in [6.45, 7) is 1.34. The van der Waals surface area contributed by atoms with Crippen molar-refractivity contribution >= 4 is 21.8 Å². The van der Waals surface area contributed by atoms with Gasteiger partial charge in [0.25, 0.3) is 0 Å². The number of methoxy groups -OCH3 is 2. The Hall–Kier alpha value is -2.96. The van der Waals surface area contributed by atoms with E-state index in [-0.39, 0.29) is 0 Å². The quantitative estimate of drug-likeness (QED) is 0.412. The Bertz CT molecular complexity index is 952. The summed E-state index contributed by atoms with van der Waals surface area (Å²) in [5, 5.41) is 2.41. The van der Waals surface area contributed by atoms with Gasteiger partial charge in [0.1, 0.15) is 11.5 Å². The van der Waals surface area contributed by atoms with Crippen LogP contribution in [0, 0.1) is 0 Å². The molecule has 0 saturated heterocycles. The number of nitrogens with one attached hydrogen (secondary N) is 2. The van der Waals surface area contributed by atoms with Crippen LogP contribution < -0.4 is 20.9 Å². The highest BCUT2D eigenvalue weighted by atomic mass is 16.5. The van der Waals surface area contributed by atoms with Crippen molar-refractivity contribution in [3.8, 4) is 11.5 Å². The highest BCUT2D eigenvalue weighted by Gasteiger charge is 2.04. The second kappa shape index (κ2) is 9.30. The van der Waals surface area contributed by atoms with Gasteiger partial charge in [0.2, 0.25) is 0 Å². The van der Waals surface area contributed by atoms with E-state index in [1.165, 1.54) is 21.9 Å². The largest absolute Gasteiger partial charge is 0.497 e. The number of nitrogens with two attached hydrogens (primary N) is 2. The van der Waals surface area contributed by atoms with Crippen LogP contribution in [-0.4, -0.2) is 37.3 Å². The van der Waals surface area contributed by atoms with Gasteiger partial charge in [-0.1, -0.05) is 0 Å². The maximum Gasteiger partial charge on any atom is 0.119 e. The summed E-state index contributed by atoms with van der Waals surface area (Å²) >= 11 is 0. The van der Waals surface area contributed by atoms with Gasteiger partial charge in [-0.15, -0.1) is 0 Å². The third-order valence-corrected chi connectivity index (χ3v) is 4.78. The van der Waals surface area contributed by atoms with E-state index in [1.54, 1.807) is 14.2 Å². The van der Waals surface area contributed by atoms with Gasteiger partial charge in [0.05, 0.1) is 14.2 Å². The second-order valence-electron chi connectivity index (χ2n) is 6.53. The predicted molar refractivity (Wildman–Crippen MR) is 115 cm³/mol. The predicted octanol–water partition coefficient (Wildman–Crippen LogP) is 3.36. The molecule has 6 N–H and O–H groups in total. The van der Waals surface area contributed by atoms with Gasteiger partial charge < -0.3 is 30.9 Å². The minimum absolute atomic E-state index is 0.671. The van der Waals surface area contributed by atoms with Crippen LogP contribution in [0.15, 0.2) is 48.8 Å². The highest BCUT2D eigenvalue weighted by Crippen LogP contribution is 2.24. The lowest BCUT2D eigenvalue weighted by Crippen LogP contribution is -2.01. The summed E-state index contributed by atoms with van der Waals surface area (Å²) in [6, 6.07) is 12.0. The number of fused-ring (bicyclic) bond motifs is 2. The number of H-pyrrole nitrogens is 2. The summed E-state index contributed by atoms with van der Waals surface area (Å²) in [7, 11) is 3.35. The van der Waals surface area contributed by atoms with Crippen molar-refractivity contribution in [2.24, 2.45) is 11.5 Å². The number of hydrogen-bond acceptors (Lipinski definition) is 4. The molecular formula is C22H28N4O2. The molecule has 4 aromatic rings. The van der Waals surface area contributed by atoms with E-state index < -0.39 is 0 Å². The Labute approximate surface area is 164 Å². The molecule has 6 nitrogen and oxygen atoms in total. The number of benzene rings is 2. The van der Waals surface area contributed by atoms with Gasteiger partial charge >= 0.3 is 0 Å². The zero-order valence-electron chi connectivity index (χ0n) is 16.4. The fourth-order valence-corrected chi connectivity index (χ4v) is 3.29. The van der Waals surface area contributed by atoms with Gasteiger partial charge in [-0.05, 0) is 73.5 Å². The molecule has 0 aliphatic heterocycles. The molecule has 2 aromatic carbocycles. The van der Waals surface area contributed by atoms with Gasteiger partial charge in [0.15, 0.2) is 0 Å². The number of hydrogen-bond donors (Lipinski definition) is 4. The lowest BCUT2D eigenvalue weighted by atomic mass is 10.1. The van der Waals surface area contributed by atoms with E-state index >= 15 is 0 Å². The molecule has 0 amide bonds. The minimum Gasteiger partial charge on any atom is -0.497 e. The number of aromatic amines is 2. The van der Waals surface area contributed by atoms with Crippen molar-refractivity contribution in [2.75, 3.05) is 27.3 Å². The van der Waals surface area contributed by atoms with Crippen molar-refractivity contribution in [1.29, 1.82) is 0 Å². The van der Waals surface area contributed by atoms with Crippen molar-refractivity contribution in [1.82, 2.24) is 9.97 Å². The molecule has 0 unspecified atom stereocenters. The first-order chi connectivity index (χ1) is 13.7. The summed E-state index contributed by atoms with van der Waals surface area (Å²) in [4.78, 5) is 6.43. The van der Waals surface area contributed by atoms with Crippen molar-refractivity contribution in [3.05, 3.63) is 59.9 Å². The van der Waals surface area contributed by atoms with Crippen LogP contribution in [0.1, 0.15) is 11.1 Å². The summed E-state index contributed by atoms with van der Waals surface area (Å²) < 4.78 is 10.4. The first kappa shape index (κ1) is 19.8. The molecule has 2 aromatic heterocycles. The zero-order valence-corrected chi connectivity index (χ0v) is 16.4. The lowest BCUT2D eigenvalue weighted by Gasteiger charge is -2.00. The minimum atomic E-state index is 0.671. The maximum absolute atomic E-state index is 5.54. The Morgan fingerprint density at radius 2 is 1.14 bits per heavy atom. The second-order valence-corrected chi connectivity index (χ2v) is 6.53. The lowest BCUT2D eigenvalue weighted by molar-refractivity contribution is 0.415. The van der Waals surface area contributed by atoms with E-state index in [0.29, 0.717) is 13.1 Å². The Morgan fingerprint density at radius 1 is 0.714 bits per heavy atom. The molecule has 0 aliphatic rings. The molecule has 0 bridgehead atoms. The van der Waals surface area contributed by atoms with Crippen LogP contribution in [0.25, 0.3) is 21.8 Å². The zero-order chi connectivity index (χ0) is 19.9. The molecule has 0 atom stereocenters. The number of rotatable bonds is 6. The van der Waals surface area contributed by atoms with Crippen LogP contribution in [-0.2, 0) is 12.8 Å². The van der Waals surface area contributed by atoms with Crippen LogP contribution in [0.2, 0.25) is 0 Å². The number of aromatic nitrogens is 2. The highest BCUT2D eigenvalue weighted by molar-refractivity contribution is 5.85. The monoisotopic (exact) mass is 380 g/mol. The topological polar surface area (TPSA) is 102 Å². The Balaban J connectivity index is 0.000000161. The van der Waals surface area contributed by atoms with Crippen molar-refractivity contribution < 1.29 is 9.47 Å². The molecule has 28 heavy (non-hydrogen) atoms. The van der Waals surface area contributed by atoms with Gasteiger partial charge in [-0.3, -0.25) is 0 Å². The summed E-state index contributed by atoms with van der Waals surface area (Å²) in [5.74, 6) is 1.77. The molecule has 0 fully saturated rings. The molecular weight excluding hydrogens is 352 g/mol. The van der Waals surface area contributed by atoms with Crippen LogP contribution in [0.5, 0.6) is 11.5 Å². The molecule has 6 heteroatoms. The normalized spacial score (nSPS) is 10.7. The van der Waals surface area contributed by atoms with Crippen LogP contribution in [0.4, 0.5) is 0 Å². The van der Waals surface area contributed by atoms with E-state index in [9.17, 15) is 0 Å². The maximum atomic E-state index is 5.54. The standard InChI is InChI=1S/2C11H14N2O/c2*1-14-9-2-3-11-10(6-9)8(4-5-12)7-13-11/h2*2-3,6-7,13H,4-5,12H2,1H3. The van der Waals surface area contributed by atoms with Gasteiger partial charge in [-0.25, -0.2) is 0 Å². The molecule has 148 valence electrons. The van der Waals surface area contributed by atoms with E-state index in [2.05, 4.69) is 9.97 Å². The molecule has 0 spiro atoms. The average molecular weight is 380 g/mol. The first-order valence-electron chi connectivity index (χ1n) is 9.38. The summed E-state index contributed by atoms with van der Waals surface area (Å²) in [6.07, 6.45) is 5.81. The van der Waals surface area contributed by atoms with Crippen LogP contribution >= 0.6 is 0 Å². The smallest absolute Gasteiger partial charge is 0.119 e. The summed E-state index contributed by atoms with van der Waals surface area (Å²) in [5.41, 5.74) is 15.8. The third-order valence-electron chi connectivity index (χ3n) is 4.78. The molecule has 4 rings (SSSR count). The molecule has 0 aliphatic carbocycles. The van der Waals surface area contributed by atoms with Crippen molar-refractivity contribution in [2.45, 2.75) is 12.8 Å². The fraction of sp³-hybridized carbons (Fsp3) is 0.273. The van der Waals surface area contributed by atoms with Gasteiger partial charge in [0, 0.05) is 34.2 Å². The first-order valence-corrected chi connectivity index (χ1v) is 9.38. The Kier molecular flexibility index (Phi) is 6.57. The third kappa shape index (κ3) is 4.30. The van der Waals surface area contributed by atoms with Gasteiger partial charge in [-0.2, -0.15) is 0 Å². The SMILES string of the molecule is COc1ccc2[nH]cc(CCN)c2c1.COc1ccc2[nH]cc(CCN)c2c1. The molecule has 0 radical (unpaired) electrons. The fourth-order valence-electron chi connectivity index (χ4n) is 3.29. The average Bonchev–Trinajstić information content (AvgIpc) is 3.32. The molecule has 0 saturated carbocycles. The number of ether oxygens (including phenoxy) is 2. The Morgan fingerprint density at radius 3 is 1.50 bits per heavy atom. The van der Waals surface area contributed by atoms with E-state index in [0.717, 1.165) is 35.4 Å². The van der Waals surface area contributed by atoms with E-state index in [4.69, 9.17) is 20.9 Å². The van der Waals surface area contributed by atoms with E-state index in [1.807, 2.05) is 48.8 Å². The molecule has 2 heterocycles.